The number of methoxy groups -OCH3 is 1. The molecule has 2 unspecified atom stereocenters. The molecule has 2 rings (SSSR count). The second kappa shape index (κ2) is 4.49. The zero-order valence-corrected chi connectivity index (χ0v) is 9.58. The average Bonchev–Trinajstić information content (AvgIpc) is 2.71. The van der Waals surface area contributed by atoms with Crippen molar-refractivity contribution in [2.24, 2.45) is 0 Å². The lowest BCUT2D eigenvalue weighted by Gasteiger charge is -2.16. The fourth-order valence-electron chi connectivity index (χ4n) is 1.75. The summed E-state index contributed by atoms with van der Waals surface area (Å²) in [7, 11) is 1.37. The second-order valence-electron chi connectivity index (χ2n) is 3.51. The molecule has 2 N–H and O–H groups in total. The van der Waals surface area contributed by atoms with E-state index in [1.54, 1.807) is 0 Å². The van der Waals surface area contributed by atoms with Crippen LogP contribution in [0, 0.1) is 0 Å². The van der Waals surface area contributed by atoms with Crippen LogP contribution in [-0.4, -0.2) is 24.2 Å². The summed E-state index contributed by atoms with van der Waals surface area (Å²) in [5.74, 6) is -0.318. The van der Waals surface area contributed by atoms with Gasteiger partial charge < -0.3 is 15.4 Å². The minimum absolute atomic E-state index is 0.166. The quantitative estimate of drug-likeness (QED) is 0.586. The van der Waals surface area contributed by atoms with Gasteiger partial charge in [0.05, 0.1) is 13.2 Å². The summed E-state index contributed by atoms with van der Waals surface area (Å²) >= 11 is 5.01. The Labute approximate surface area is 99.0 Å². The van der Waals surface area contributed by atoms with Crippen molar-refractivity contribution >= 4 is 23.3 Å². The van der Waals surface area contributed by atoms with Crippen molar-refractivity contribution in [2.45, 2.75) is 12.1 Å². The molecule has 0 bridgehead atoms. The third-order valence-electron chi connectivity index (χ3n) is 2.52. The zero-order valence-electron chi connectivity index (χ0n) is 8.77. The number of ether oxygens (including phenoxy) is 1. The van der Waals surface area contributed by atoms with Crippen LogP contribution in [0.2, 0.25) is 0 Å². The van der Waals surface area contributed by atoms with Gasteiger partial charge in [0, 0.05) is 0 Å². The van der Waals surface area contributed by atoms with Gasteiger partial charge >= 0.3 is 5.97 Å². The third kappa shape index (κ3) is 1.99. The van der Waals surface area contributed by atoms with Gasteiger partial charge in [0.1, 0.15) is 0 Å². The minimum Gasteiger partial charge on any atom is -0.467 e. The SMILES string of the molecule is COC(=O)C1NC(=S)NC1c1ccccc1. The predicted molar refractivity (Wildman–Crippen MR) is 63.9 cm³/mol. The Morgan fingerprint density at radius 2 is 2.00 bits per heavy atom. The molecule has 1 saturated heterocycles. The number of hydrogen-bond donors (Lipinski definition) is 2. The third-order valence-corrected chi connectivity index (χ3v) is 2.76. The average molecular weight is 236 g/mol. The van der Waals surface area contributed by atoms with Crippen molar-refractivity contribution in [3.05, 3.63) is 35.9 Å². The molecule has 0 spiro atoms. The van der Waals surface area contributed by atoms with Crippen molar-refractivity contribution < 1.29 is 9.53 Å². The van der Waals surface area contributed by atoms with Crippen LogP contribution in [-0.2, 0) is 9.53 Å². The van der Waals surface area contributed by atoms with Gasteiger partial charge in [-0.1, -0.05) is 30.3 Å². The maximum Gasteiger partial charge on any atom is 0.330 e. The molecule has 4 nitrogen and oxygen atoms in total. The smallest absolute Gasteiger partial charge is 0.330 e. The summed E-state index contributed by atoms with van der Waals surface area (Å²) in [4.78, 5) is 11.6. The number of thiocarbonyl (C=S) groups is 1. The monoisotopic (exact) mass is 236 g/mol. The minimum atomic E-state index is -0.458. The lowest BCUT2D eigenvalue weighted by Crippen LogP contribution is -2.36. The van der Waals surface area contributed by atoms with Crippen LogP contribution in [0.25, 0.3) is 0 Å². The number of rotatable bonds is 2. The van der Waals surface area contributed by atoms with Gasteiger partial charge in [0.15, 0.2) is 11.2 Å². The molecule has 1 aromatic rings. The highest BCUT2D eigenvalue weighted by molar-refractivity contribution is 7.80. The fourth-order valence-corrected chi connectivity index (χ4v) is 2.00. The van der Waals surface area contributed by atoms with Gasteiger partial charge in [-0.25, -0.2) is 4.79 Å². The number of benzene rings is 1. The van der Waals surface area contributed by atoms with Crippen molar-refractivity contribution in [3.8, 4) is 0 Å². The van der Waals surface area contributed by atoms with Crippen LogP contribution < -0.4 is 10.6 Å². The molecule has 0 amide bonds. The predicted octanol–water partition coefficient (Wildman–Crippen LogP) is 0.747. The van der Waals surface area contributed by atoms with E-state index < -0.39 is 6.04 Å². The van der Waals surface area contributed by atoms with E-state index in [1.807, 2.05) is 30.3 Å². The number of hydrogen-bond acceptors (Lipinski definition) is 3. The summed E-state index contributed by atoms with van der Waals surface area (Å²) in [6, 6.07) is 9.05. The topological polar surface area (TPSA) is 50.4 Å². The van der Waals surface area contributed by atoms with Crippen LogP contribution in [0.1, 0.15) is 11.6 Å². The molecule has 16 heavy (non-hydrogen) atoms. The number of carbonyl (C=O) groups excluding carboxylic acids is 1. The molecule has 0 radical (unpaired) electrons. The van der Waals surface area contributed by atoms with E-state index in [2.05, 4.69) is 10.6 Å². The Hall–Kier alpha value is -1.62. The molecule has 84 valence electrons. The number of esters is 1. The maximum absolute atomic E-state index is 11.6. The molecular weight excluding hydrogens is 224 g/mol. The van der Waals surface area contributed by atoms with Gasteiger partial charge in [-0.15, -0.1) is 0 Å². The van der Waals surface area contributed by atoms with Gasteiger partial charge in [-0.2, -0.15) is 0 Å². The van der Waals surface area contributed by atoms with Crippen LogP contribution in [0.4, 0.5) is 0 Å². The van der Waals surface area contributed by atoms with Gasteiger partial charge in [0.25, 0.3) is 0 Å². The van der Waals surface area contributed by atoms with Gasteiger partial charge in [0.2, 0.25) is 0 Å². The normalized spacial score (nSPS) is 23.4. The Kier molecular flexibility index (Phi) is 3.05. The van der Waals surface area contributed by atoms with E-state index in [0.29, 0.717) is 5.11 Å². The zero-order chi connectivity index (χ0) is 11.5. The fraction of sp³-hybridized carbons (Fsp3) is 0.273. The summed E-state index contributed by atoms with van der Waals surface area (Å²) in [5, 5.41) is 6.43. The highest BCUT2D eigenvalue weighted by Crippen LogP contribution is 2.21. The molecule has 1 aliphatic heterocycles. The van der Waals surface area contributed by atoms with Gasteiger partial charge in [-0.3, -0.25) is 0 Å². The summed E-state index contributed by atoms with van der Waals surface area (Å²) in [6.07, 6.45) is 0. The second-order valence-corrected chi connectivity index (χ2v) is 3.92. The van der Waals surface area contributed by atoms with E-state index in [4.69, 9.17) is 17.0 Å². The molecule has 0 aromatic heterocycles. The molecule has 1 aliphatic rings. The van der Waals surface area contributed by atoms with Crippen molar-refractivity contribution in [3.63, 3.8) is 0 Å². The summed E-state index contributed by atoms with van der Waals surface area (Å²) < 4.78 is 4.73. The standard InChI is InChI=1S/C11H12N2O2S/c1-15-10(14)9-8(12-11(16)13-9)7-5-3-2-4-6-7/h2-6,8-9H,1H3,(H2,12,13,16). The largest absolute Gasteiger partial charge is 0.467 e. The first-order chi connectivity index (χ1) is 7.72. The van der Waals surface area contributed by atoms with E-state index in [9.17, 15) is 4.79 Å². The van der Waals surface area contributed by atoms with Crippen molar-refractivity contribution in [2.75, 3.05) is 7.11 Å². The van der Waals surface area contributed by atoms with Crippen LogP contribution in [0.5, 0.6) is 0 Å². The molecule has 1 fully saturated rings. The lowest BCUT2D eigenvalue weighted by molar-refractivity contribution is -0.143. The summed E-state index contributed by atoms with van der Waals surface area (Å²) in [6.45, 7) is 0. The lowest BCUT2D eigenvalue weighted by atomic mass is 10.0. The highest BCUT2D eigenvalue weighted by atomic mass is 32.1. The van der Waals surface area contributed by atoms with E-state index in [0.717, 1.165) is 5.56 Å². The molecule has 0 aliphatic carbocycles. The summed E-state index contributed by atoms with van der Waals surface area (Å²) in [5.41, 5.74) is 1.00. The molecule has 1 aromatic carbocycles. The molecule has 1 heterocycles. The Bertz CT molecular complexity index is 408. The van der Waals surface area contributed by atoms with Crippen molar-refractivity contribution in [1.82, 2.24) is 10.6 Å². The van der Waals surface area contributed by atoms with E-state index in [1.165, 1.54) is 7.11 Å². The Morgan fingerprint density at radius 3 is 2.62 bits per heavy atom. The molecule has 5 heteroatoms. The molecule has 2 atom stereocenters. The highest BCUT2D eigenvalue weighted by Gasteiger charge is 2.36. The number of carbonyl (C=O) groups is 1. The van der Waals surface area contributed by atoms with Crippen LogP contribution >= 0.6 is 12.2 Å². The maximum atomic E-state index is 11.6. The van der Waals surface area contributed by atoms with Crippen LogP contribution in [0.3, 0.4) is 0 Å². The van der Waals surface area contributed by atoms with E-state index >= 15 is 0 Å². The Balaban J connectivity index is 2.26. The van der Waals surface area contributed by atoms with Gasteiger partial charge in [-0.05, 0) is 17.8 Å². The first-order valence-corrected chi connectivity index (χ1v) is 5.33. The first kappa shape index (κ1) is 10.9. The number of nitrogens with one attached hydrogen (secondary N) is 2. The Morgan fingerprint density at radius 1 is 1.31 bits per heavy atom. The van der Waals surface area contributed by atoms with E-state index in [-0.39, 0.29) is 12.0 Å². The first-order valence-electron chi connectivity index (χ1n) is 4.92. The van der Waals surface area contributed by atoms with Crippen molar-refractivity contribution in [1.29, 1.82) is 0 Å². The van der Waals surface area contributed by atoms with Crippen LogP contribution in [0.15, 0.2) is 30.3 Å². The molecule has 0 saturated carbocycles. The molecular formula is C11H12N2O2S.